The highest BCUT2D eigenvalue weighted by atomic mass is 16.5. The minimum Gasteiger partial charge on any atom is -0.465 e. The van der Waals surface area contributed by atoms with Gasteiger partial charge in [-0.1, -0.05) is 46.7 Å². The molecule has 3 aromatic heterocycles. The predicted molar refractivity (Wildman–Crippen MR) is 165 cm³/mol. The van der Waals surface area contributed by atoms with Crippen LogP contribution in [0.15, 0.2) is 98.8 Å². The second-order valence-corrected chi connectivity index (χ2v) is 10.5. The van der Waals surface area contributed by atoms with E-state index in [9.17, 15) is 9.59 Å². The SMILES string of the molecule is COC(=O)c1cc2cc(Oc3cccc(-c4noc(C)n4)c3)ccc2n(Cc2ccc3ccc(-c4noc(C)n4)cc3c2)c1=O. The van der Waals surface area contributed by atoms with E-state index in [0.717, 1.165) is 27.5 Å². The van der Waals surface area contributed by atoms with Gasteiger partial charge in [0.15, 0.2) is 0 Å². The van der Waals surface area contributed by atoms with Gasteiger partial charge in [0.25, 0.3) is 5.56 Å². The summed E-state index contributed by atoms with van der Waals surface area (Å²) in [6, 6.07) is 26.1. The molecule has 11 heteroatoms. The van der Waals surface area contributed by atoms with Crippen molar-refractivity contribution in [3.8, 4) is 34.3 Å². The normalized spacial score (nSPS) is 11.3. The molecular formula is C34H25N5O6. The average Bonchev–Trinajstić information content (AvgIpc) is 3.69. The number of nitrogens with zero attached hydrogens (tertiary/aromatic N) is 5. The number of fused-ring (bicyclic) bond motifs is 2. The van der Waals surface area contributed by atoms with E-state index in [4.69, 9.17) is 18.5 Å². The van der Waals surface area contributed by atoms with E-state index < -0.39 is 11.5 Å². The Bertz CT molecular complexity index is 2300. The summed E-state index contributed by atoms with van der Waals surface area (Å²) in [6.07, 6.45) is 0. The number of rotatable bonds is 7. The molecule has 4 aromatic carbocycles. The number of aryl methyl sites for hydroxylation is 2. The summed E-state index contributed by atoms with van der Waals surface area (Å²) in [5.74, 6) is 2.26. The van der Waals surface area contributed by atoms with Gasteiger partial charge < -0.3 is 23.1 Å². The van der Waals surface area contributed by atoms with Crippen LogP contribution < -0.4 is 10.3 Å². The van der Waals surface area contributed by atoms with Crippen LogP contribution in [0.25, 0.3) is 44.5 Å². The highest BCUT2D eigenvalue weighted by Gasteiger charge is 2.18. The van der Waals surface area contributed by atoms with Crippen molar-refractivity contribution in [2.75, 3.05) is 7.11 Å². The molecule has 0 saturated heterocycles. The van der Waals surface area contributed by atoms with Crippen molar-refractivity contribution in [3.05, 3.63) is 118 Å². The lowest BCUT2D eigenvalue weighted by molar-refractivity contribution is 0.0598. The predicted octanol–water partition coefficient (Wildman–Crippen LogP) is 6.50. The zero-order valence-electron chi connectivity index (χ0n) is 24.5. The fourth-order valence-corrected chi connectivity index (χ4v) is 5.23. The molecule has 0 amide bonds. The van der Waals surface area contributed by atoms with E-state index >= 15 is 0 Å². The van der Waals surface area contributed by atoms with Crippen LogP contribution in [0.3, 0.4) is 0 Å². The average molecular weight is 600 g/mol. The number of methoxy groups -OCH3 is 1. The number of carbonyl (C=O) groups is 1. The third-order valence-corrected chi connectivity index (χ3v) is 7.36. The number of ether oxygens (including phenoxy) is 2. The first-order valence-electron chi connectivity index (χ1n) is 14.0. The standard InChI is InChI=1S/C34H25N5O6/c1-19-35-31(37-44-19)23-5-4-6-27(15-23)43-28-11-12-30-26(16-28)17-29(34(41)42-3)33(40)39(30)18-21-7-8-22-9-10-24(14-25(22)13-21)32-36-20(2)45-38-32/h4-17H,18H2,1-3H3. The van der Waals surface area contributed by atoms with Crippen LogP contribution in [0.1, 0.15) is 27.7 Å². The maximum absolute atomic E-state index is 13.6. The van der Waals surface area contributed by atoms with E-state index in [0.29, 0.717) is 45.8 Å². The second kappa shape index (κ2) is 11.2. The summed E-state index contributed by atoms with van der Waals surface area (Å²) in [6.45, 7) is 3.68. The van der Waals surface area contributed by atoms with Crippen molar-refractivity contribution >= 4 is 27.6 Å². The first-order chi connectivity index (χ1) is 21.8. The number of esters is 1. The van der Waals surface area contributed by atoms with Gasteiger partial charge in [0, 0.05) is 30.4 Å². The Morgan fingerprint density at radius 1 is 0.756 bits per heavy atom. The molecule has 11 nitrogen and oxygen atoms in total. The lowest BCUT2D eigenvalue weighted by atomic mass is 10.0. The summed E-state index contributed by atoms with van der Waals surface area (Å²) in [4.78, 5) is 34.9. The van der Waals surface area contributed by atoms with Crippen LogP contribution in [0, 0.1) is 13.8 Å². The Morgan fingerprint density at radius 2 is 1.47 bits per heavy atom. The third-order valence-electron chi connectivity index (χ3n) is 7.36. The summed E-state index contributed by atoms with van der Waals surface area (Å²) in [5.41, 5.74) is 2.52. The fraction of sp³-hybridized carbons (Fsp3) is 0.118. The molecule has 0 aliphatic heterocycles. The molecule has 7 aromatic rings. The molecule has 0 aliphatic rings. The van der Waals surface area contributed by atoms with E-state index in [-0.39, 0.29) is 12.1 Å². The fourth-order valence-electron chi connectivity index (χ4n) is 5.23. The quantitative estimate of drug-likeness (QED) is 0.187. The molecule has 3 heterocycles. The molecule has 0 spiro atoms. The summed E-state index contributed by atoms with van der Waals surface area (Å²) in [5, 5.41) is 10.6. The molecule has 0 bridgehead atoms. The largest absolute Gasteiger partial charge is 0.465 e. The minimum absolute atomic E-state index is 0.0767. The zero-order chi connectivity index (χ0) is 31.1. The first-order valence-corrected chi connectivity index (χ1v) is 14.0. The van der Waals surface area contributed by atoms with E-state index in [2.05, 4.69) is 20.3 Å². The smallest absolute Gasteiger partial charge is 0.343 e. The van der Waals surface area contributed by atoms with Crippen LogP contribution >= 0.6 is 0 Å². The number of carbonyl (C=O) groups excluding carboxylic acids is 1. The molecule has 7 rings (SSSR count). The highest BCUT2D eigenvalue weighted by molar-refractivity contribution is 5.94. The van der Waals surface area contributed by atoms with Crippen molar-refractivity contribution in [2.45, 2.75) is 20.4 Å². The molecule has 222 valence electrons. The van der Waals surface area contributed by atoms with Crippen LogP contribution in [0.5, 0.6) is 11.5 Å². The molecule has 0 saturated carbocycles. The van der Waals surface area contributed by atoms with E-state index in [1.807, 2.05) is 54.6 Å². The van der Waals surface area contributed by atoms with Crippen molar-refractivity contribution in [2.24, 2.45) is 0 Å². The van der Waals surface area contributed by atoms with Gasteiger partial charge in [-0.05, 0) is 64.9 Å². The number of hydrogen-bond acceptors (Lipinski definition) is 10. The molecule has 0 aliphatic carbocycles. The topological polar surface area (TPSA) is 135 Å². The monoisotopic (exact) mass is 599 g/mol. The molecular weight excluding hydrogens is 574 g/mol. The Morgan fingerprint density at radius 3 is 2.18 bits per heavy atom. The number of hydrogen-bond donors (Lipinski definition) is 0. The van der Waals surface area contributed by atoms with Gasteiger partial charge in [-0.3, -0.25) is 4.79 Å². The Hall–Kier alpha value is -6.10. The Labute approximate surface area is 255 Å². The van der Waals surface area contributed by atoms with Crippen LogP contribution in [0.2, 0.25) is 0 Å². The maximum atomic E-state index is 13.6. The Balaban J connectivity index is 1.26. The van der Waals surface area contributed by atoms with Crippen molar-refractivity contribution in [3.63, 3.8) is 0 Å². The first kappa shape index (κ1) is 27.7. The minimum atomic E-state index is -0.719. The summed E-state index contributed by atoms with van der Waals surface area (Å²) >= 11 is 0. The van der Waals surface area contributed by atoms with Gasteiger partial charge in [-0.25, -0.2) is 4.79 Å². The molecule has 0 N–H and O–H groups in total. The molecule has 45 heavy (non-hydrogen) atoms. The van der Waals surface area contributed by atoms with Gasteiger partial charge >= 0.3 is 5.97 Å². The molecule has 0 unspecified atom stereocenters. The number of aromatic nitrogens is 5. The molecule has 0 radical (unpaired) electrons. The highest BCUT2D eigenvalue weighted by Crippen LogP contribution is 2.29. The van der Waals surface area contributed by atoms with Crippen LogP contribution in [-0.2, 0) is 11.3 Å². The lowest BCUT2D eigenvalue weighted by Gasteiger charge is -2.15. The van der Waals surface area contributed by atoms with E-state index in [1.165, 1.54) is 13.2 Å². The van der Waals surface area contributed by atoms with Gasteiger partial charge in [-0.2, -0.15) is 9.97 Å². The number of pyridine rings is 1. The van der Waals surface area contributed by atoms with Crippen LogP contribution in [-0.4, -0.2) is 37.9 Å². The second-order valence-electron chi connectivity index (χ2n) is 10.5. The van der Waals surface area contributed by atoms with Crippen LogP contribution in [0.4, 0.5) is 0 Å². The van der Waals surface area contributed by atoms with Gasteiger partial charge in [0.1, 0.15) is 17.1 Å². The number of benzene rings is 4. The van der Waals surface area contributed by atoms with Gasteiger partial charge in [0.2, 0.25) is 23.4 Å². The Kier molecular flexibility index (Phi) is 6.89. The summed E-state index contributed by atoms with van der Waals surface area (Å²) < 4.78 is 22.9. The zero-order valence-corrected chi connectivity index (χ0v) is 24.5. The third kappa shape index (κ3) is 5.42. The van der Waals surface area contributed by atoms with Gasteiger partial charge in [-0.15, -0.1) is 0 Å². The lowest BCUT2D eigenvalue weighted by Crippen LogP contribution is -2.27. The van der Waals surface area contributed by atoms with E-state index in [1.54, 1.807) is 42.7 Å². The summed E-state index contributed by atoms with van der Waals surface area (Å²) in [7, 11) is 1.25. The van der Waals surface area contributed by atoms with Gasteiger partial charge in [0.05, 0.1) is 19.2 Å². The van der Waals surface area contributed by atoms with Crippen molar-refractivity contribution < 1.29 is 23.3 Å². The maximum Gasteiger partial charge on any atom is 0.343 e. The van der Waals surface area contributed by atoms with Crippen molar-refractivity contribution in [1.82, 2.24) is 24.8 Å². The molecule has 0 atom stereocenters. The molecule has 0 fully saturated rings. The van der Waals surface area contributed by atoms with Crippen molar-refractivity contribution in [1.29, 1.82) is 0 Å².